The number of hydrogen-bond acceptors (Lipinski definition) is 3. The Morgan fingerprint density at radius 1 is 1.41 bits per heavy atom. The minimum atomic E-state index is -0.402. The summed E-state index contributed by atoms with van der Waals surface area (Å²) in [4.78, 5) is 13.9. The molecule has 4 heteroatoms. The molecule has 2 rings (SSSR count). The summed E-state index contributed by atoms with van der Waals surface area (Å²) >= 11 is 0. The SMILES string of the molecule is CC(C)(CN)N1C(=O)CCOc2ccccc21. The number of ether oxygens (including phenoxy) is 1. The van der Waals surface area contributed by atoms with Crippen molar-refractivity contribution in [2.45, 2.75) is 25.8 Å². The van der Waals surface area contributed by atoms with Crippen molar-refractivity contribution in [1.29, 1.82) is 0 Å². The van der Waals surface area contributed by atoms with Gasteiger partial charge in [-0.3, -0.25) is 4.79 Å². The van der Waals surface area contributed by atoms with Crippen molar-refractivity contribution >= 4 is 11.6 Å². The first-order valence-electron chi connectivity index (χ1n) is 5.81. The fourth-order valence-corrected chi connectivity index (χ4v) is 2.01. The maximum absolute atomic E-state index is 12.2. The number of anilines is 1. The van der Waals surface area contributed by atoms with Gasteiger partial charge in [-0.15, -0.1) is 0 Å². The molecule has 4 nitrogen and oxygen atoms in total. The Hall–Kier alpha value is -1.55. The number of amides is 1. The van der Waals surface area contributed by atoms with Gasteiger partial charge in [-0.2, -0.15) is 0 Å². The van der Waals surface area contributed by atoms with E-state index in [4.69, 9.17) is 10.5 Å². The van der Waals surface area contributed by atoms with Gasteiger partial charge in [0.1, 0.15) is 5.75 Å². The van der Waals surface area contributed by atoms with Gasteiger partial charge in [0.05, 0.1) is 24.3 Å². The largest absolute Gasteiger partial charge is 0.491 e. The Bertz CT molecular complexity index is 429. The molecule has 1 aliphatic rings. The summed E-state index contributed by atoms with van der Waals surface area (Å²) in [6.45, 7) is 4.76. The zero-order valence-corrected chi connectivity index (χ0v) is 10.3. The van der Waals surface area contributed by atoms with E-state index in [1.165, 1.54) is 0 Å². The van der Waals surface area contributed by atoms with E-state index in [-0.39, 0.29) is 5.91 Å². The number of rotatable bonds is 2. The van der Waals surface area contributed by atoms with E-state index < -0.39 is 5.54 Å². The molecule has 0 spiro atoms. The number of fused-ring (bicyclic) bond motifs is 1. The van der Waals surface area contributed by atoms with Gasteiger partial charge in [0, 0.05) is 6.54 Å². The van der Waals surface area contributed by atoms with Crippen molar-refractivity contribution in [2.75, 3.05) is 18.1 Å². The Morgan fingerprint density at radius 2 is 2.12 bits per heavy atom. The zero-order chi connectivity index (χ0) is 12.5. The van der Waals surface area contributed by atoms with Crippen LogP contribution in [0.4, 0.5) is 5.69 Å². The van der Waals surface area contributed by atoms with Gasteiger partial charge in [-0.05, 0) is 26.0 Å². The third-order valence-electron chi connectivity index (χ3n) is 3.03. The highest BCUT2D eigenvalue weighted by Crippen LogP contribution is 2.35. The molecule has 0 unspecified atom stereocenters. The summed E-state index contributed by atoms with van der Waals surface area (Å²) in [6, 6.07) is 7.59. The van der Waals surface area contributed by atoms with E-state index >= 15 is 0 Å². The van der Waals surface area contributed by atoms with Gasteiger partial charge in [-0.1, -0.05) is 12.1 Å². The van der Waals surface area contributed by atoms with Gasteiger partial charge < -0.3 is 15.4 Å². The number of benzene rings is 1. The molecule has 0 aromatic heterocycles. The first kappa shape index (κ1) is 11.9. The molecular formula is C13H18N2O2. The molecule has 0 saturated heterocycles. The fourth-order valence-electron chi connectivity index (χ4n) is 2.01. The van der Waals surface area contributed by atoms with Crippen molar-refractivity contribution < 1.29 is 9.53 Å². The van der Waals surface area contributed by atoms with Crippen LogP contribution in [0.15, 0.2) is 24.3 Å². The number of hydrogen-bond donors (Lipinski definition) is 1. The molecule has 1 aromatic carbocycles. The van der Waals surface area contributed by atoms with Crippen molar-refractivity contribution in [2.24, 2.45) is 5.73 Å². The van der Waals surface area contributed by atoms with Crippen LogP contribution in [0.3, 0.4) is 0 Å². The molecule has 0 fully saturated rings. The van der Waals surface area contributed by atoms with Gasteiger partial charge in [0.25, 0.3) is 0 Å². The first-order valence-corrected chi connectivity index (χ1v) is 5.81. The lowest BCUT2D eigenvalue weighted by atomic mass is 10.0. The van der Waals surface area contributed by atoms with Crippen LogP contribution < -0.4 is 15.4 Å². The Balaban J connectivity index is 2.51. The molecule has 1 heterocycles. The molecule has 1 aromatic rings. The quantitative estimate of drug-likeness (QED) is 0.844. The second-order valence-electron chi connectivity index (χ2n) is 4.81. The molecule has 0 bridgehead atoms. The van der Waals surface area contributed by atoms with Gasteiger partial charge in [-0.25, -0.2) is 0 Å². The molecule has 92 valence electrons. The molecule has 17 heavy (non-hydrogen) atoms. The molecule has 1 aliphatic heterocycles. The van der Waals surface area contributed by atoms with Crippen LogP contribution in [0.5, 0.6) is 5.75 Å². The van der Waals surface area contributed by atoms with E-state index in [0.29, 0.717) is 19.6 Å². The number of nitrogens with zero attached hydrogens (tertiary/aromatic N) is 1. The normalized spacial score (nSPS) is 16.2. The molecule has 0 atom stereocenters. The van der Waals surface area contributed by atoms with Crippen LogP contribution in [0.1, 0.15) is 20.3 Å². The molecule has 0 radical (unpaired) electrons. The van der Waals surface area contributed by atoms with E-state index in [2.05, 4.69) is 0 Å². The lowest BCUT2D eigenvalue weighted by Gasteiger charge is -2.37. The number of carbonyl (C=O) groups is 1. The predicted octanol–water partition coefficient (Wildman–Crippen LogP) is 1.54. The summed E-state index contributed by atoms with van der Waals surface area (Å²) in [5, 5.41) is 0. The van der Waals surface area contributed by atoms with Crippen molar-refractivity contribution in [3.05, 3.63) is 24.3 Å². The first-order chi connectivity index (χ1) is 8.06. The Labute approximate surface area is 101 Å². The summed E-state index contributed by atoms with van der Waals surface area (Å²) in [6.07, 6.45) is 0.387. The molecular weight excluding hydrogens is 216 g/mol. The van der Waals surface area contributed by atoms with Crippen LogP contribution in [0, 0.1) is 0 Å². The lowest BCUT2D eigenvalue weighted by molar-refractivity contribution is -0.119. The van der Waals surface area contributed by atoms with Crippen LogP contribution in [0.25, 0.3) is 0 Å². The van der Waals surface area contributed by atoms with Gasteiger partial charge in [0.15, 0.2) is 0 Å². The third kappa shape index (κ3) is 2.13. The molecule has 0 saturated carbocycles. The second-order valence-corrected chi connectivity index (χ2v) is 4.81. The number of para-hydroxylation sites is 2. The maximum Gasteiger partial charge on any atom is 0.231 e. The molecule has 0 aliphatic carbocycles. The average molecular weight is 234 g/mol. The van der Waals surface area contributed by atoms with Gasteiger partial charge in [0.2, 0.25) is 5.91 Å². The minimum Gasteiger partial charge on any atom is -0.491 e. The van der Waals surface area contributed by atoms with E-state index in [9.17, 15) is 4.79 Å². The van der Waals surface area contributed by atoms with Crippen molar-refractivity contribution in [1.82, 2.24) is 0 Å². The summed E-state index contributed by atoms with van der Waals surface area (Å²) in [5.41, 5.74) is 6.18. The third-order valence-corrected chi connectivity index (χ3v) is 3.03. The summed E-state index contributed by atoms with van der Waals surface area (Å²) in [7, 11) is 0. The average Bonchev–Trinajstić information content (AvgIpc) is 2.47. The molecule has 2 N–H and O–H groups in total. The monoisotopic (exact) mass is 234 g/mol. The summed E-state index contributed by atoms with van der Waals surface area (Å²) in [5.74, 6) is 0.810. The topological polar surface area (TPSA) is 55.6 Å². The number of carbonyl (C=O) groups excluding carboxylic acids is 1. The smallest absolute Gasteiger partial charge is 0.231 e. The predicted molar refractivity (Wildman–Crippen MR) is 67.2 cm³/mol. The number of nitrogens with two attached hydrogens (primary N) is 1. The maximum atomic E-state index is 12.2. The highest BCUT2D eigenvalue weighted by molar-refractivity contribution is 5.97. The van der Waals surface area contributed by atoms with E-state index in [1.807, 2.05) is 38.1 Å². The van der Waals surface area contributed by atoms with E-state index in [1.54, 1.807) is 4.90 Å². The summed E-state index contributed by atoms with van der Waals surface area (Å²) < 4.78 is 5.59. The van der Waals surface area contributed by atoms with Crippen molar-refractivity contribution in [3.8, 4) is 5.75 Å². The standard InChI is InChI=1S/C13H18N2O2/c1-13(2,9-14)15-10-5-3-4-6-11(10)17-8-7-12(15)16/h3-6H,7-9,14H2,1-2H3. The highest BCUT2D eigenvalue weighted by atomic mass is 16.5. The fraction of sp³-hybridized carbons (Fsp3) is 0.462. The lowest BCUT2D eigenvalue weighted by Crippen LogP contribution is -2.52. The van der Waals surface area contributed by atoms with Crippen LogP contribution in [0.2, 0.25) is 0 Å². The van der Waals surface area contributed by atoms with Gasteiger partial charge >= 0.3 is 0 Å². The highest BCUT2D eigenvalue weighted by Gasteiger charge is 2.34. The van der Waals surface area contributed by atoms with Crippen LogP contribution >= 0.6 is 0 Å². The zero-order valence-electron chi connectivity index (χ0n) is 10.3. The second kappa shape index (κ2) is 4.37. The minimum absolute atomic E-state index is 0.0606. The molecule has 1 amide bonds. The Morgan fingerprint density at radius 3 is 2.82 bits per heavy atom. The van der Waals surface area contributed by atoms with Crippen LogP contribution in [-0.4, -0.2) is 24.6 Å². The Kier molecular flexibility index (Phi) is 3.07. The van der Waals surface area contributed by atoms with Crippen molar-refractivity contribution in [3.63, 3.8) is 0 Å². The van der Waals surface area contributed by atoms with Crippen LogP contribution in [-0.2, 0) is 4.79 Å². The van der Waals surface area contributed by atoms with E-state index in [0.717, 1.165) is 11.4 Å².